The summed E-state index contributed by atoms with van der Waals surface area (Å²) in [6.07, 6.45) is 0.0614. The number of aromatic nitrogens is 2. The molecule has 7 nitrogen and oxygen atoms in total. The molecule has 0 saturated carbocycles. The van der Waals surface area contributed by atoms with Crippen molar-refractivity contribution in [1.29, 1.82) is 0 Å². The van der Waals surface area contributed by atoms with Crippen molar-refractivity contribution in [1.82, 2.24) is 9.97 Å². The Labute approximate surface area is 126 Å². The number of carboxylic acid groups (broad SMARTS) is 1. The molecule has 0 amide bonds. The molecule has 0 atom stereocenters. The lowest BCUT2D eigenvalue weighted by atomic mass is 10.1. The number of nitrogens with one attached hydrogen (secondary N) is 1. The van der Waals surface area contributed by atoms with Gasteiger partial charge in [-0.1, -0.05) is 6.07 Å². The highest BCUT2D eigenvalue weighted by molar-refractivity contribution is 5.69. The second-order valence-electron chi connectivity index (χ2n) is 4.62. The van der Waals surface area contributed by atoms with Gasteiger partial charge in [0.25, 0.3) is 5.56 Å². The van der Waals surface area contributed by atoms with E-state index in [9.17, 15) is 9.59 Å². The molecule has 0 spiro atoms. The first-order valence-electron chi connectivity index (χ1n) is 6.53. The summed E-state index contributed by atoms with van der Waals surface area (Å²) in [6, 6.07) is 6.55. The van der Waals surface area contributed by atoms with Gasteiger partial charge < -0.3 is 19.6 Å². The fourth-order valence-corrected chi connectivity index (χ4v) is 2.08. The molecule has 0 fully saturated rings. The Morgan fingerprint density at radius 1 is 1.23 bits per heavy atom. The van der Waals surface area contributed by atoms with Gasteiger partial charge in [0.2, 0.25) is 0 Å². The van der Waals surface area contributed by atoms with E-state index < -0.39 is 5.97 Å². The van der Waals surface area contributed by atoms with Crippen LogP contribution < -0.4 is 15.0 Å². The van der Waals surface area contributed by atoms with Crippen LogP contribution in [0.1, 0.15) is 17.1 Å². The number of ether oxygens (including phenoxy) is 2. The van der Waals surface area contributed by atoms with Gasteiger partial charge in [-0.15, -0.1) is 0 Å². The first-order chi connectivity index (χ1) is 10.5. The van der Waals surface area contributed by atoms with Crippen molar-refractivity contribution >= 4 is 5.97 Å². The summed E-state index contributed by atoms with van der Waals surface area (Å²) in [5.74, 6) is 0.544. The fraction of sp³-hybridized carbons (Fsp3) is 0.267. The molecule has 0 aliphatic carbocycles. The molecule has 0 aliphatic heterocycles. The van der Waals surface area contributed by atoms with Gasteiger partial charge in [-0.25, -0.2) is 4.98 Å². The summed E-state index contributed by atoms with van der Waals surface area (Å²) >= 11 is 0. The number of rotatable bonds is 6. The third-order valence-electron chi connectivity index (χ3n) is 3.00. The number of carbonyl (C=O) groups is 1. The zero-order chi connectivity index (χ0) is 16.1. The topological polar surface area (TPSA) is 102 Å². The van der Waals surface area contributed by atoms with Gasteiger partial charge in [-0.2, -0.15) is 0 Å². The Kier molecular flexibility index (Phi) is 4.77. The number of benzene rings is 1. The summed E-state index contributed by atoms with van der Waals surface area (Å²) in [5.41, 5.74) is 0.710. The minimum absolute atomic E-state index is 0.228. The minimum atomic E-state index is -1.03. The van der Waals surface area contributed by atoms with Crippen molar-refractivity contribution in [3.8, 4) is 11.5 Å². The Balaban J connectivity index is 2.28. The Morgan fingerprint density at radius 2 is 1.95 bits per heavy atom. The molecule has 0 aliphatic rings. The van der Waals surface area contributed by atoms with Gasteiger partial charge in [-0.05, 0) is 17.7 Å². The van der Waals surface area contributed by atoms with Crippen molar-refractivity contribution in [2.45, 2.75) is 12.8 Å². The van der Waals surface area contributed by atoms with Gasteiger partial charge in [0, 0.05) is 12.5 Å². The first-order valence-corrected chi connectivity index (χ1v) is 6.53. The minimum Gasteiger partial charge on any atom is -0.493 e. The van der Waals surface area contributed by atoms with Crippen molar-refractivity contribution in [2.75, 3.05) is 14.2 Å². The number of hydrogen-bond acceptors (Lipinski definition) is 5. The van der Waals surface area contributed by atoms with E-state index in [0.29, 0.717) is 23.7 Å². The number of carboxylic acids is 1. The van der Waals surface area contributed by atoms with Gasteiger partial charge >= 0.3 is 5.97 Å². The van der Waals surface area contributed by atoms with E-state index in [-0.39, 0.29) is 17.7 Å². The maximum Gasteiger partial charge on any atom is 0.309 e. The lowest BCUT2D eigenvalue weighted by Gasteiger charge is -2.09. The van der Waals surface area contributed by atoms with Gasteiger partial charge in [0.15, 0.2) is 11.5 Å². The third kappa shape index (κ3) is 3.85. The van der Waals surface area contributed by atoms with Crippen LogP contribution in [0.25, 0.3) is 0 Å². The summed E-state index contributed by atoms with van der Waals surface area (Å²) in [5, 5.41) is 8.78. The molecule has 7 heteroatoms. The first kappa shape index (κ1) is 15.6. The normalized spacial score (nSPS) is 10.3. The molecular weight excluding hydrogens is 288 g/mol. The highest BCUT2D eigenvalue weighted by atomic mass is 16.5. The van der Waals surface area contributed by atoms with Crippen LogP contribution in [0.2, 0.25) is 0 Å². The lowest BCUT2D eigenvalue weighted by Crippen LogP contribution is -2.15. The molecule has 1 aromatic heterocycles. The van der Waals surface area contributed by atoms with Crippen LogP contribution in [-0.2, 0) is 17.6 Å². The zero-order valence-corrected chi connectivity index (χ0v) is 12.3. The highest BCUT2D eigenvalue weighted by Gasteiger charge is 2.09. The van der Waals surface area contributed by atoms with Crippen molar-refractivity contribution < 1.29 is 19.4 Å². The molecule has 2 rings (SSSR count). The fourth-order valence-electron chi connectivity index (χ4n) is 2.08. The molecule has 22 heavy (non-hydrogen) atoms. The van der Waals surface area contributed by atoms with E-state index >= 15 is 0 Å². The van der Waals surface area contributed by atoms with Crippen LogP contribution >= 0.6 is 0 Å². The van der Waals surface area contributed by atoms with E-state index in [1.165, 1.54) is 13.2 Å². The average Bonchev–Trinajstić information content (AvgIpc) is 2.45. The number of aromatic amines is 1. The SMILES string of the molecule is COc1ccc(Cc2nc(CC(=O)O)cc(=O)[nH]2)cc1OC. The predicted molar refractivity (Wildman–Crippen MR) is 78.5 cm³/mol. The summed E-state index contributed by atoms with van der Waals surface area (Å²) in [4.78, 5) is 29.1. The summed E-state index contributed by atoms with van der Waals surface area (Å²) in [6.45, 7) is 0. The van der Waals surface area contributed by atoms with E-state index in [0.717, 1.165) is 5.56 Å². The molecule has 0 radical (unpaired) electrons. The second kappa shape index (κ2) is 6.75. The van der Waals surface area contributed by atoms with Crippen LogP contribution in [0.15, 0.2) is 29.1 Å². The van der Waals surface area contributed by atoms with Gasteiger partial charge in [0.05, 0.1) is 26.3 Å². The van der Waals surface area contributed by atoms with Crippen molar-refractivity contribution in [2.24, 2.45) is 0 Å². The highest BCUT2D eigenvalue weighted by Crippen LogP contribution is 2.28. The molecule has 2 N–H and O–H groups in total. The van der Waals surface area contributed by atoms with E-state index in [4.69, 9.17) is 14.6 Å². The van der Waals surface area contributed by atoms with E-state index in [1.807, 2.05) is 6.07 Å². The van der Waals surface area contributed by atoms with Crippen LogP contribution in [0.5, 0.6) is 11.5 Å². The van der Waals surface area contributed by atoms with E-state index in [2.05, 4.69) is 9.97 Å². The molecule has 2 aromatic rings. The molecule has 1 heterocycles. The number of H-pyrrole nitrogens is 1. The van der Waals surface area contributed by atoms with Crippen molar-refractivity contribution in [3.05, 3.63) is 51.7 Å². The standard InChI is InChI=1S/C15H16N2O5/c1-21-11-4-3-9(5-12(11)22-2)6-13-16-10(8-15(19)20)7-14(18)17-13/h3-5,7H,6,8H2,1-2H3,(H,19,20)(H,16,17,18). The zero-order valence-electron chi connectivity index (χ0n) is 12.3. The van der Waals surface area contributed by atoms with Crippen LogP contribution in [0, 0.1) is 0 Å². The Hall–Kier alpha value is -2.83. The number of methoxy groups -OCH3 is 2. The van der Waals surface area contributed by atoms with Gasteiger partial charge in [0.1, 0.15) is 5.82 Å². The summed E-state index contributed by atoms with van der Waals surface area (Å²) in [7, 11) is 3.08. The Morgan fingerprint density at radius 3 is 2.59 bits per heavy atom. The number of aliphatic carboxylic acids is 1. The monoisotopic (exact) mass is 304 g/mol. The van der Waals surface area contributed by atoms with Crippen LogP contribution in [0.4, 0.5) is 0 Å². The van der Waals surface area contributed by atoms with Crippen LogP contribution in [0.3, 0.4) is 0 Å². The van der Waals surface area contributed by atoms with Crippen LogP contribution in [-0.4, -0.2) is 35.3 Å². The molecule has 116 valence electrons. The largest absolute Gasteiger partial charge is 0.493 e. The van der Waals surface area contributed by atoms with Gasteiger partial charge in [-0.3, -0.25) is 9.59 Å². The second-order valence-corrected chi connectivity index (χ2v) is 4.62. The molecular formula is C15H16N2O5. The smallest absolute Gasteiger partial charge is 0.309 e. The maximum atomic E-state index is 11.6. The lowest BCUT2D eigenvalue weighted by molar-refractivity contribution is -0.136. The molecule has 0 saturated heterocycles. The molecule has 0 unspecified atom stereocenters. The average molecular weight is 304 g/mol. The molecule has 1 aromatic carbocycles. The quantitative estimate of drug-likeness (QED) is 0.825. The maximum absolute atomic E-state index is 11.6. The van der Waals surface area contributed by atoms with E-state index in [1.54, 1.807) is 19.2 Å². The number of nitrogens with zero attached hydrogens (tertiary/aromatic N) is 1. The predicted octanol–water partition coefficient (Wildman–Crippen LogP) is 1.00. The third-order valence-corrected chi connectivity index (χ3v) is 3.00. The number of hydrogen-bond donors (Lipinski definition) is 2. The van der Waals surface area contributed by atoms with Crippen molar-refractivity contribution in [3.63, 3.8) is 0 Å². The molecule has 0 bridgehead atoms. The summed E-state index contributed by atoms with van der Waals surface area (Å²) < 4.78 is 10.4. The Bertz CT molecular complexity index is 739.